The normalized spacial score (nSPS) is 16.1. The molecule has 16 heavy (non-hydrogen) atoms. The van der Waals surface area contributed by atoms with Crippen molar-refractivity contribution in [2.24, 2.45) is 0 Å². The monoisotopic (exact) mass is 233 g/mol. The lowest BCUT2D eigenvalue weighted by atomic mass is 10.0. The standard InChI is InChI=1S/C14H19NS/c1-11(2)15-14-8-4-3-7-13(14)12-6-5-9-16-10-12/h3-4,7-8,10-11,15H,5-6,9H2,1-2H3. The van der Waals surface area contributed by atoms with Gasteiger partial charge in [-0.25, -0.2) is 0 Å². The Balaban J connectivity index is 2.28. The summed E-state index contributed by atoms with van der Waals surface area (Å²) in [4.78, 5) is 0. The maximum atomic E-state index is 3.52. The summed E-state index contributed by atoms with van der Waals surface area (Å²) in [6.45, 7) is 4.36. The molecule has 0 unspecified atom stereocenters. The Kier molecular flexibility index (Phi) is 3.94. The van der Waals surface area contributed by atoms with Crippen molar-refractivity contribution in [3.8, 4) is 0 Å². The van der Waals surface area contributed by atoms with Crippen molar-refractivity contribution in [1.82, 2.24) is 0 Å². The highest BCUT2D eigenvalue weighted by Gasteiger charge is 2.10. The Hall–Kier alpha value is -0.890. The zero-order valence-corrected chi connectivity index (χ0v) is 10.8. The largest absolute Gasteiger partial charge is 0.382 e. The highest BCUT2D eigenvalue weighted by molar-refractivity contribution is 8.02. The summed E-state index contributed by atoms with van der Waals surface area (Å²) in [6.07, 6.45) is 2.51. The van der Waals surface area contributed by atoms with Gasteiger partial charge in [0.2, 0.25) is 0 Å². The van der Waals surface area contributed by atoms with Crippen molar-refractivity contribution in [3.63, 3.8) is 0 Å². The quantitative estimate of drug-likeness (QED) is 0.831. The molecule has 86 valence electrons. The van der Waals surface area contributed by atoms with E-state index in [-0.39, 0.29) is 0 Å². The molecule has 0 spiro atoms. The van der Waals surface area contributed by atoms with E-state index in [0.717, 1.165) is 0 Å². The van der Waals surface area contributed by atoms with Crippen LogP contribution in [0, 0.1) is 0 Å². The van der Waals surface area contributed by atoms with E-state index >= 15 is 0 Å². The Morgan fingerprint density at radius 3 is 2.75 bits per heavy atom. The molecule has 0 aliphatic carbocycles. The minimum absolute atomic E-state index is 0.484. The van der Waals surface area contributed by atoms with Crippen LogP contribution in [-0.2, 0) is 0 Å². The van der Waals surface area contributed by atoms with Gasteiger partial charge in [-0.2, -0.15) is 0 Å². The lowest BCUT2D eigenvalue weighted by molar-refractivity contribution is 0.897. The van der Waals surface area contributed by atoms with Gasteiger partial charge in [-0.3, -0.25) is 0 Å². The zero-order valence-electron chi connectivity index (χ0n) is 9.99. The third-order valence-electron chi connectivity index (χ3n) is 2.65. The average molecular weight is 233 g/mol. The second-order valence-electron chi connectivity index (χ2n) is 4.46. The summed E-state index contributed by atoms with van der Waals surface area (Å²) in [5.74, 6) is 1.27. The smallest absolute Gasteiger partial charge is 0.0418 e. The molecule has 2 heteroatoms. The van der Waals surface area contributed by atoms with Crippen LogP contribution in [-0.4, -0.2) is 11.8 Å². The number of nitrogens with one attached hydrogen (secondary N) is 1. The van der Waals surface area contributed by atoms with E-state index in [1.54, 1.807) is 0 Å². The lowest BCUT2D eigenvalue weighted by Gasteiger charge is -2.18. The van der Waals surface area contributed by atoms with Crippen LogP contribution >= 0.6 is 11.8 Å². The number of allylic oxidation sites excluding steroid dienone is 1. The van der Waals surface area contributed by atoms with Crippen LogP contribution in [0.1, 0.15) is 32.3 Å². The summed E-state index contributed by atoms with van der Waals surface area (Å²) >= 11 is 1.94. The van der Waals surface area contributed by atoms with Crippen LogP contribution in [0.4, 0.5) is 5.69 Å². The molecule has 0 amide bonds. The molecule has 0 aromatic heterocycles. The van der Waals surface area contributed by atoms with Gasteiger partial charge in [0.25, 0.3) is 0 Å². The molecule has 0 saturated carbocycles. The zero-order chi connectivity index (χ0) is 11.4. The van der Waals surface area contributed by atoms with Crippen molar-refractivity contribution < 1.29 is 0 Å². The van der Waals surface area contributed by atoms with Crippen molar-refractivity contribution >= 4 is 23.0 Å². The van der Waals surface area contributed by atoms with Gasteiger partial charge in [0.15, 0.2) is 0 Å². The molecule has 0 bridgehead atoms. The van der Waals surface area contributed by atoms with Gasteiger partial charge in [0, 0.05) is 17.3 Å². The Bertz CT molecular complexity index is 382. The highest BCUT2D eigenvalue weighted by Crippen LogP contribution is 2.33. The van der Waals surface area contributed by atoms with E-state index < -0.39 is 0 Å². The minimum atomic E-state index is 0.484. The molecular formula is C14H19NS. The van der Waals surface area contributed by atoms with E-state index in [1.807, 2.05) is 11.8 Å². The van der Waals surface area contributed by atoms with E-state index in [9.17, 15) is 0 Å². The number of anilines is 1. The molecule has 1 heterocycles. The van der Waals surface area contributed by atoms with Crippen LogP contribution in [0.2, 0.25) is 0 Å². The number of hydrogen-bond acceptors (Lipinski definition) is 2. The molecule has 1 aliphatic rings. The molecule has 2 rings (SSSR count). The molecule has 1 aromatic carbocycles. The van der Waals surface area contributed by atoms with Crippen molar-refractivity contribution in [3.05, 3.63) is 35.2 Å². The minimum Gasteiger partial charge on any atom is -0.382 e. The molecule has 0 saturated heterocycles. The first-order chi connectivity index (χ1) is 7.77. The Morgan fingerprint density at radius 2 is 2.06 bits per heavy atom. The second-order valence-corrected chi connectivity index (χ2v) is 5.44. The van der Waals surface area contributed by atoms with Crippen LogP contribution < -0.4 is 5.32 Å². The summed E-state index contributed by atoms with van der Waals surface area (Å²) in [5.41, 5.74) is 4.13. The fourth-order valence-corrected chi connectivity index (χ4v) is 2.84. The number of hydrogen-bond donors (Lipinski definition) is 1. The lowest BCUT2D eigenvalue weighted by Crippen LogP contribution is -2.11. The maximum Gasteiger partial charge on any atom is 0.0418 e. The summed E-state index contributed by atoms with van der Waals surface area (Å²) < 4.78 is 0. The van der Waals surface area contributed by atoms with Gasteiger partial charge in [-0.1, -0.05) is 18.2 Å². The average Bonchev–Trinajstić information content (AvgIpc) is 2.30. The predicted molar refractivity (Wildman–Crippen MR) is 74.9 cm³/mol. The number of rotatable bonds is 3. The molecular weight excluding hydrogens is 214 g/mol. The molecule has 1 N–H and O–H groups in total. The van der Waals surface area contributed by atoms with Gasteiger partial charge in [-0.05, 0) is 49.5 Å². The molecule has 0 atom stereocenters. The van der Waals surface area contributed by atoms with Gasteiger partial charge in [0.05, 0.1) is 0 Å². The first-order valence-electron chi connectivity index (χ1n) is 5.94. The summed E-state index contributed by atoms with van der Waals surface area (Å²) in [6, 6.07) is 9.11. The first kappa shape index (κ1) is 11.6. The molecule has 1 aromatic rings. The van der Waals surface area contributed by atoms with Crippen LogP contribution in [0.25, 0.3) is 5.57 Å². The molecule has 0 radical (unpaired) electrons. The number of para-hydroxylation sites is 1. The van der Waals surface area contributed by atoms with Crippen LogP contribution in [0.5, 0.6) is 0 Å². The fraction of sp³-hybridized carbons (Fsp3) is 0.429. The van der Waals surface area contributed by atoms with Crippen molar-refractivity contribution in [2.75, 3.05) is 11.1 Å². The van der Waals surface area contributed by atoms with E-state index in [2.05, 4.69) is 48.8 Å². The van der Waals surface area contributed by atoms with Gasteiger partial charge < -0.3 is 5.32 Å². The van der Waals surface area contributed by atoms with E-state index in [0.29, 0.717) is 6.04 Å². The van der Waals surface area contributed by atoms with Crippen LogP contribution in [0.3, 0.4) is 0 Å². The predicted octanol–water partition coefficient (Wildman–Crippen LogP) is 4.37. The molecule has 1 nitrogen and oxygen atoms in total. The third-order valence-corrected chi connectivity index (χ3v) is 3.63. The molecule has 0 fully saturated rings. The highest BCUT2D eigenvalue weighted by atomic mass is 32.2. The SMILES string of the molecule is CC(C)Nc1ccccc1C1=CSCCC1. The number of thioether (sulfide) groups is 1. The Labute approximate surface area is 102 Å². The summed E-state index contributed by atoms with van der Waals surface area (Å²) in [7, 11) is 0. The van der Waals surface area contributed by atoms with Gasteiger partial charge >= 0.3 is 0 Å². The third kappa shape index (κ3) is 2.82. The van der Waals surface area contributed by atoms with Crippen molar-refractivity contribution in [1.29, 1.82) is 0 Å². The maximum absolute atomic E-state index is 3.52. The second kappa shape index (κ2) is 5.44. The molecule has 1 aliphatic heterocycles. The van der Waals surface area contributed by atoms with Gasteiger partial charge in [-0.15, -0.1) is 11.8 Å². The van der Waals surface area contributed by atoms with E-state index in [1.165, 1.54) is 35.4 Å². The van der Waals surface area contributed by atoms with E-state index in [4.69, 9.17) is 0 Å². The topological polar surface area (TPSA) is 12.0 Å². The fourth-order valence-electron chi connectivity index (χ4n) is 1.96. The summed E-state index contributed by atoms with van der Waals surface area (Å²) in [5, 5.41) is 5.84. The number of benzene rings is 1. The first-order valence-corrected chi connectivity index (χ1v) is 6.99. The van der Waals surface area contributed by atoms with Crippen LogP contribution in [0.15, 0.2) is 29.7 Å². The van der Waals surface area contributed by atoms with Crippen molar-refractivity contribution in [2.45, 2.75) is 32.7 Å². The van der Waals surface area contributed by atoms with Gasteiger partial charge in [0.1, 0.15) is 0 Å². The Morgan fingerprint density at radius 1 is 1.25 bits per heavy atom.